The molecule has 0 unspecified atom stereocenters. The van der Waals surface area contributed by atoms with Crippen LogP contribution in [0.4, 0.5) is 17.3 Å². The number of hydrogen-bond acceptors (Lipinski definition) is 8. The van der Waals surface area contributed by atoms with Crippen molar-refractivity contribution in [1.29, 1.82) is 0 Å². The lowest BCUT2D eigenvalue weighted by atomic mass is 10.1. The van der Waals surface area contributed by atoms with Crippen molar-refractivity contribution in [3.8, 4) is 0 Å². The van der Waals surface area contributed by atoms with Crippen LogP contribution >= 0.6 is 11.8 Å². The number of amides is 2. The number of carbonyl (C=O) groups excluding carboxylic acids is 2. The van der Waals surface area contributed by atoms with E-state index in [-0.39, 0.29) is 23.5 Å². The molecule has 0 fully saturated rings. The number of aliphatic imine (C=N–C) groups is 1. The molecule has 3 aromatic rings. The number of ether oxygens (including phenoxy) is 1. The topological polar surface area (TPSA) is 104 Å². The van der Waals surface area contributed by atoms with Crippen LogP contribution in [-0.2, 0) is 20.9 Å². The number of aromatic nitrogens is 2. The summed E-state index contributed by atoms with van der Waals surface area (Å²) in [7, 11) is 5.53. The number of hydrogen-bond donors (Lipinski definition) is 1. The van der Waals surface area contributed by atoms with Gasteiger partial charge in [-0.05, 0) is 40.6 Å². The molecule has 0 aliphatic carbocycles. The van der Waals surface area contributed by atoms with E-state index >= 15 is 0 Å². The average molecular weight is 508 g/mol. The lowest BCUT2D eigenvalue weighted by Crippen LogP contribution is -2.36. The molecule has 0 saturated heterocycles. The van der Waals surface area contributed by atoms with Crippen molar-refractivity contribution in [3.63, 3.8) is 0 Å². The van der Waals surface area contributed by atoms with Gasteiger partial charge < -0.3 is 9.64 Å². The molecule has 0 radical (unpaired) electrons. The quantitative estimate of drug-likeness (QED) is 0.351. The Morgan fingerprint density at radius 3 is 2.64 bits per heavy atom. The molecular formula is C25H27N6O4S+. The van der Waals surface area contributed by atoms with Gasteiger partial charge in [0.1, 0.15) is 12.3 Å². The second-order valence-electron chi connectivity index (χ2n) is 8.05. The van der Waals surface area contributed by atoms with E-state index in [0.29, 0.717) is 29.7 Å². The lowest BCUT2D eigenvalue weighted by Gasteiger charge is -2.17. The Kier molecular flexibility index (Phi) is 8.13. The van der Waals surface area contributed by atoms with Crippen molar-refractivity contribution in [1.82, 2.24) is 5.27 Å². The zero-order valence-corrected chi connectivity index (χ0v) is 21.1. The Bertz CT molecular complexity index is 1270. The highest BCUT2D eigenvalue weighted by Gasteiger charge is 2.32. The van der Waals surface area contributed by atoms with Gasteiger partial charge in [-0.3, -0.25) is 24.3 Å². The molecule has 0 saturated carbocycles. The molecule has 1 aromatic heterocycles. The fourth-order valence-corrected chi connectivity index (χ4v) is 4.16. The van der Waals surface area contributed by atoms with E-state index in [0.717, 1.165) is 11.3 Å². The van der Waals surface area contributed by atoms with Crippen LogP contribution in [0.25, 0.3) is 6.08 Å². The smallest absolute Gasteiger partial charge is 0.302 e. The summed E-state index contributed by atoms with van der Waals surface area (Å²) in [5.74, 6) is -0.313. The summed E-state index contributed by atoms with van der Waals surface area (Å²) in [6, 6.07) is 17.1. The molecule has 1 aliphatic heterocycles. The number of para-hydroxylation sites is 1. The number of benzene rings is 2. The average Bonchev–Trinajstić information content (AvgIpc) is 3.45. The zero-order chi connectivity index (χ0) is 25.5. The van der Waals surface area contributed by atoms with Crippen LogP contribution in [0.5, 0.6) is 0 Å². The first-order valence-corrected chi connectivity index (χ1v) is 12.2. The molecule has 0 bridgehead atoms. The largest absolute Gasteiger partial charge is 0.378 e. The van der Waals surface area contributed by atoms with Gasteiger partial charge in [0.05, 0.1) is 11.4 Å². The highest BCUT2D eigenvalue weighted by atomic mass is 32.2. The van der Waals surface area contributed by atoms with Crippen molar-refractivity contribution in [2.75, 3.05) is 48.7 Å². The number of amidine groups is 1. The number of thioether (sulfide) groups is 1. The minimum atomic E-state index is -0.310. The molecule has 10 nitrogen and oxygen atoms in total. The van der Waals surface area contributed by atoms with Crippen LogP contribution in [0.15, 0.2) is 76.0 Å². The van der Waals surface area contributed by atoms with E-state index < -0.39 is 0 Å². The number of carbonyl (C=O) groups is 2. The molecule has 2 heterocycles. The Morgan fingerprint density at radius 1 is 1.19 bits per heavy atom. The van der Waals surface area contributed by atoms with Crippen LogP contribution in [0.1, 0.15) is 5.56 Å². The summed E-state index contributed by atoms with van der Waals surface area (Å²) in [6.45, 7) is 0.974. The zero-order valence-electron chi connectivity index (χ0n) is 20.2. The maximum atomic E-state index is 13.3. The van der Waals surface area contributed by atoms with Gasteiger partial charge in [0.25, 0.3) is 12.1 Å². The molecule has 1 N–H and O–H groups in total. The van der Waals surface area contributed by atoms with E-state index in [1.807, 2.05) is 73.6 Å². The highest BCUT2D eigenvalue weighted by Crippen LogP contribution is 2.29. The predicted octanol–water partition coefficient (Wildman–Crippen LogP) is 2.79. The summed E-state index contributed by atoms with van der Waals surface area (Å²) in [6.07, 6.45) is 3.33. The van der Waals surface area contributed by atoms with E-state index in [9.17, 15) is 9.59 Å². The van der Waals surface area contributed by atoms with Crippen molar-refractivity contribution in [2.45, 2.75) is 6.54 Å². The van der Waals surface area contributed by atoms with E-state index in [1.54, 1.807) is 19.4 Å². The van der Waals surface area contributed by atoms with E-state index in [2.05, 4.69) is 15.6 Å². The van der Waals surface area contributed by atoms with Gasteiger partial charge in [0.2, 0.25) is 17.7 Å². The molecule has 186 valence electrons. The van der Waals surface area contributed by atoms with Crippen molar-refractivity contribution < 1.29 is 23.5 Å². The standard InChI is InChI=1S/C25H26N6O4S/c1-29(2)19-11-9-18(10-12-19)15-21-24(33)31(20-7-5-4-6-8-20)25(26-21)36-17-22(32)27-23-16-30(28-35-23)13-14-34-3/h4-12,15-16H,13-14,17H2,1-3H3/p+1/b21-15+. The summed E-state index contributed by atoms with van der Waals surface area (Å²) >= 11 is 1.17. The van der Waals surface area contributed by atoms with Gasteiger partial charge in [-0.25, -0.2) is 4.99 Å². The number of nitrogens with one attached hydrogen (secondary N) is 1. The summed E-state index contributed by atoms with van der Waals surface area (Å²) < 4.78 is 11.7. The van der Waals surface area contributed by atoms with Crippen molar-refractivity contribution in [3.05, 3.63) is 72.1 Å². The molecule has 11 heteroatoms. The summed E-state index contributed by atoms with van der Waals surface area (Å²) in [5.41, 5.74) is 2.89. The predicted molar refractivity (Wildman–Crippen MR) is 140 cm³/mol. The molecule has 0 atom stereocenters. The first kappa shape index (κ1) is 25.1. The number of methoxy groups -OCH3 is 1. The number of rotatable bonds is 9. The summed E-state index contributed by atoms with van der Waals surface area (Å²) in [5, 5.41) is 6.91. The maximum absolute atomic E-state index is 13.3. The summed E-state index contributed by atoms with van der Waals surface area (Å²) in [4.78, 5) is 33.9. The molecule has 36 heavy (non-hydrogen) atoms. The lowest BCUT2D eigenvalue weighted by molar-refractivity contribution is -0.763. The molecular weight excluding hydrogens is 480 g/mol. The van der Waals surface area contributed by atoms with Crippen LogP contribution in [0.3, 0.4) is 0 Å². The minimum Gasteiger partial charge on any atom is -0.378 e. The van der Waals surface area contributed by atoms with Gasteiger partial charge in [-0.15, -0.1) is 0 Å². The van der Waals surface area contributed by atoms with Gasteiger partial charge in [-0.1, -0.05) is 42.1 Å². The first-order chi connectivity index (χ1) is 17.4. The monoisotopic (exact) mass is 507 g/mol. The Morgan fingerprint density at radius 2 is 1.94 bits per heavy atom. The third-order valence-corrected chi connectivity index (χ3v) is 6.13. The van der Waals surface area contributed by atoms with Crippen LogP contribution in [0.2, 0.25) is 0 Å². The molecule has 1 aliphatic rings. The third kappa shape index (κ3) is 6.18. The highest BCUT2D eigenvalue weighted by molar-refractivity contribution is 8.14. The van der Waals surface area contributed by atoms with Gasteiger partial charge in [0, 0.05) is 26.9 Å². The fourth-order valence-electron chi connectivity index (χ4n) is 3.35. The Balaban J connectivity index is 1.49. The van der Waals surface area contributed by atoms with Crippen LogP contribution < -0.4 is 19.8 Å². The van der Waals surface area contributed by atoms with Gasteiger partial charge >= 0.3 is 5.88 Å². The van der Waals surface area contributed by atoms with E-state index in [1.165, 1.54) is 21.3 Å². The van der Waals surface area contributed by atoms with Crippen molar-refractivity contribution in [2.24, 2.45) is 4.99 Å². The first-order valence-electron chi connectivity index (χ1n) is 11.2. The molecule has 2 amide bonds. The number of nitrogens with zero attached hydrogens (tertiary/aromatic N) is 5. The maximum Gasteiger partial charge on any atom is 0.302 e. The molecule has 2 aromatic carbocycles. The van der Waals surface area contributed by atoms with Crippen molar-refractivity contribution >= 4 is 52.1 Å². The molecule has 4 rings (SSSR count). The van der Waals surface area contributed by atoms with Gasteiger partial charge in [0.15, 0.2) is 5.17 Å². The Hall–Kier alpha value is -3.96. The number of anilines is 3. The van der Waals surface area contributed by atoms with Crippen LogP contribution in [-0.4, -0.2) is 55.8 Å². The minimum absolute atomic E-state index is 0.0268. The SMILES string of the molecule is COCC[n+]1cc(NC(=O)CSC2=N/C(=C/c3ccc(N(C)C)cc3)C(=O)N2c2ccccc2)on1. The second kappa shape index (κ2) is 11.6. The normalized spacial score (nSPS) is 14.3. The Labute approximate surface area is 213 Å². The van der Waals surface area contributed by atoms with Crippen LogP contribution in [0, 0.1) is 0 Å². The van der Waals surface area contributed by atoms with E-state index in [4.69, 9.17) is 9.26 Å². The third-order valence-electron chi connectivity index (χ3n) is 5.19. The fraction of sp³-hybridized carbons (Fsp3) is 0.240. The second-order valence-corrected chi connectivity index (χ2v) is 8.99. The molecule has 0 spiro atoms. The van der Waals surface area contributed by atoms with Gasteiger partial charge in [-0.2, -0.15) is 0 Å².